The van der Waals surface area contributed by atoms with Crippen molar-refractivity contribution < 1.29 is 13.9 Å². The van der Waals surface area contributed by atoms with Gasteiger partial charge in [-0.05, 0) is 74.4 Å². The minimum absolute atomic E-state index is 0.00999. The summed E-state index contributed by atoms with van der Waals surface area (Å²) in [5, 5.41) is 14.0. The summed E-state index contributed by atoms with van der Waals surface area (Å²) >= 11 is 4.81. The normalized spacial score (nSPS) is 16.3. The molecule has 172 valence electrons. The number of anilines is 1. The van der Waals surface area contributed by atoms with E-state index in [9.17, 15) is 4.79 Å². The van der Waals surface area contributed by atoms with E-state index < -0.39 is 11.4 Å². The number of nitriles is 1. The molecule has 2 aromatic rings. The number of aromatic nitrogens is 1. The predicted molar refractivity (Wildman–Crippen MR) is 130 cm³/mol. The van der Waals surface area contributed by atoms with Crippen molar-refractivity contribution in [3.63, 3.8) is 0 Å². The molecule has 1 aliphatic rings. The number of nitrogens with zero attached hydrogens (tertiary/aromatic N) is 3. The van der Waals surface area contributed by atoms with Crippen LogP contribution in [0.25, 0.3) is 10.9 Å². The second-order valence-electron chi connectivity index (χ2n) is 8.90. The number of rotatable bonds is 5. The summed E-state index contributed by atoms with van der Waals surface area (Å²) in [6.45, 7) is 8.62. The monoisotopic (exact) mass is 522 g/mol. The van der Waals surface area contributed by atoms with Gasteiger partial charge in [0, 0.05) is 42.2 Å². The number of carbonyl (C=O) groups is 1. The molecule has 0 bridgehead atoms. The lowest BCUT2D eigenvalue weighted by Crippen LogP contribution is -2.36. The van der Waals surface area contributed by atoms with Gasteiger partial charge < -0.3 is 15.0 Å². The first-order chi connectivity index (χ1) is 15.1. The van der Waals surface area contributed by atoms with Crippen LogP contribution >= 0.6 is 27.7 Å². The summed E-state index contributed by atoms with van der Waals surface area (Å²) in [5.41, 5.74) is 2.24. The average molecular weight is 523 g/mol. The van der Waals surface area contributed by atoms with E-state index in [1.54, 1.807) is 4.90 Å². The van der Waals surface area contributed by atoms with Crippen molar-refractivity contribution in [3.8, 4) is 6.07 Å². The van der Waals surface area contributed by atoms with Gasteiger partial charge in [-0.15, -0.1) is 11.8 Å². The Bertz CT molecular complexity index is 1080. The third-order valence-electron chi connectivity index (χ3n) is 5.32. The molecule has 1 aromatic heterocycles. The van der Waals surface area contributed by atoms with E-state index in [-0.39, 0.29) is 17.7 Å². The van der Waals surface area contributed by atoms with Crippen LogP contribution in [0.1, 0.15) is 44.7 Å². The number of hydrogen-bond acceptors (Lipinski definition) is 6. The van der Waals surface area contributed by atoms with Gasteiger partial charge in [0.1, 0.15) is 16.1 Å². The van der Waals surface area contributed by atoms with Crippen molar-refractivity contribution in [2.75, 3.05) is 24.7 Å². The molecule has 9 heteroatoms. The van der Waals surface area contributed by atoms with Gasteiger partial charge >= 0.3 is 6.09 Å². The van der Waals surface area contributed by atoms with Gasteiger partial charge in [-0.1, -0.05) is 0 Å². The van der Waals surface area contributed by atoms with Gasteiger partial charge in [0.2, 0.25) is 0 Å². The smallest absolute Gasteiger partial charge is 0.410 e. The molecule has 1 N–H and O–H groups in total. The van der Waals surface area contributed by atoms with E-state index in [0.29, 0.717) is 35.8 Å². The zero-order chi connectivity index (χ0) is 23.6. The number of fused-ring (bicyclic) bond motifs is 1. The number of ether oxygens (including phenoxy) is 1. The van der Waals surface area contributed by atoms with Crippen molar-refractivity contribution in [2.24, 2.45) is 0 Å². The first kappa shape index (κ1) is 24.6. The van der Waals surface area contributed by atoms with E-state index in [1.807, 2.05) is 40.0 Å². The Morgan fingerprint density at radius 3 is 2.84 bits per heavy atom. The summed E-state index contributed by atoms with van der Waals surface area (Å²) in [4.78, 5) is 18.7. The number of hydrogen-bond donors (Lipinski definition) is 1. The number of likely N-dealkylation sites (tertiary alicyclic amines) is 1. The molecule has 1 atom stereocenters. The topological polar surface area (TPSA) is 78.3 Å². The average Bonchev–Trinajstić information content (AvgIpc) is 3.19. The number of pyridine rings is 1. The minimum atomic E-state index is -0.543. The van der Waals surface area contributed by atoms with Crippen molar-refractivity contribution in [3.05, 3.63) is 27.5 Å². The molecule has 0 aliphatic carbocycles. The molecule has 1 amide bonds. The Labute approximate surface area is 201 Å². The fraction of sp³-hybridized carbons (Fsp3) is 0.522. The summed E-state index contributed by atoms with van der Waals surface area (Å²) in [6.07, 6.45) is 3.10. The third kappa shape index (κ3) is 5.29. The zero-order valence-electron chi connectivity index (χ0n) is 19.0. The molecule has 2 heterocycles. The number of halogens is 2. The summed E-state index contributed by atoms with van der Waals surface area (Å²) in [6, 6.07) is 4.04. The van der Waals surface area contributed by atoms with Crippen LogP contribution in [0.4, 0.5) is 14.9 Å². The maximum absolute atomic E-state index is 15.3. The highest BCUT2D eigenvalue weighted by Gasteiger charge is 2.31. The molecule has 1 aliphatic heterocycles. The van der Waals surface area contributed by atoms with E-state index >= 15 is 4.39 Å². The molecule has 1 aromatic carbocycles. The lowest BCUT2D eigenvalue weighted by atomic mass is 10.0. The second kappa shape index (κ2) is 9.84. The summed E-state index contributed by atoms with van der Waals surface area (Å²) < 4.78 is 21.1. The quantitative estimate of drug-likeness (QED) is 0.482. The highest BCUT2D eigenvalue weighted by Crippen LogP contribution is 2.38. The highest BCUT2D eigenvalue weighted by molar-refractivity contribution is 9.10. The van der Waals surface area contributed by atoms with Crippen molar-refractivity contribution in [2.45, 2.75) is 63.6 Å². The minimum Gasteiger partial charge on any atom is -0.444 e. The van der Waals surface area contributed by atoms with Gasteiger partial charge in [-0.3, -0.25) is 0 Å². The maximum Gasteiger partial charge on any atom is 0.410 e. The lowest BCUT2D eigenvalue weighted by Gasteiger charge is -2.25. The first-order valence-corrected chi connectivity index (χ1v) is 12.5. The molecule has 1 saturated heterocycles. The van der Waals surface area contributed by atoms with Gasteiger partial charge in [0.15, 0.2) is 5.82 Å². The molecule has 32 heavy (non-hydrogen) atoms. The van der Waals surface area contributed by atoms with Crippen LogP contribution in [0, 0.1) is 24.1 Å². The number of thioether (sulfide) groups is 1. The third-order valence-corrected chi connectivity index (χ3v) is 6.96. The van der Waals surface area contributed by atoms with Crippen molar-refractivity contribution in [1.29, 1.82) is 5.26 Å². The van der Waals surface area contributed by atoms with Crippen molar-refractivity contribution >= 4 is 50.4 Å². The molecule has 0 spiro atoms. The Balaban J connectivity index is 1.96. The van der Waals surface area contributed by atoms with Crippen LogP contribution in [0.15, 0.2) is 15.6 Å². The maximum atomic E-state index is 15.3. The standard InChI is InChI=1S/C23H28BrFN4O2S/c1-13-19(27-15-8-10-29(12-15)22(30)31-23(2,3)4)16-11-14(7-6-9-26)17(24)18(25)20(16)28-21(13)32-5/h11,15H,6-8,10,12H2,1-5H3,(H,27,28). The molecule has 1 unspecified atom stereocenters. The Hall–Kier alpha value is -2.05. The summed E-state index contributed by atoms with van der Waals surface area (Å²) in [7, 11) is 0. The predicted octanol–water partition coefficient (Wildman–Crippen LogP) is 6.04. The number of aryl methyl sites for hydroxylation is 1. The SMILES string of the molecule is CSc1nc2c(F)c(Br)c(CCC#N)cc2c(NC2CCN(C(=O)OC(C)(C)C)C2)c1C. The van der Waals surface area contributed by atoms with E-state index in [4.69, 9.17) is 10.00 Å². The molecule has 0 saturated carbocycles. The van der Waals surface area contributed by atoms with E-state index in [1.165, 1.54) is 11.8 Å². The Morgan fingerprint density at radius 2 is 2.22 bits per heavy atom. The second-order valence-corrected chi connectivity index (χ2v) is 10.5. The van der Waals surface area contributed by atoms with Crippen LogP contribution in [0.3, 0.4) is 0 Å². The first-order valence-electron chi connectivity index (χ1n) is 10.5. The van der Waals surface area contributed by atoms with Crippen LogP contribution in [-0.2, 0) is 11.2 Å². The molecule has 1 fully saturated rings. The van der Waals surface area contributed by atoms with Crippen molar-refractivity contribution in [1.82, 2.24) is 9.88 Å². The zero-order valence-corrected chi connectivity index (χ0v) is 21.4. The van der Waals surface area contributed by atoms with Gasteiger partial charge in [-0.2, -0.15) is 5.26 Å². The molecule has 3 rings (SSSR count). The fourth-order valence-corrected chi connectivity index (χ4v) is 4.89. The van der Waals surface area contributed by atoms with Gasteiger partial charge in [-0.25, -0.2) is 14.2 Å². The Morgan fingerprint density at radius 1 is 1.50 bits per heavy atom. The number of benzene rings is 1. The van der Waals surface area contributed by atoms with Gasteiger partial charge in [0.05, 0.1) is 10.5 Å². The van der Waals surface area contributed by atoms with Crippen LogP contribution in [0.5, 0.6) is 0 Å². The van der Waals surface area contributed by atoms with Crippen LogP contribution in [-0.4, -0.2) is 47.0 Å². The van der Waals surface area contributed by atoms with Gasteiger partial charge in [0.25, 0.3) is 0 Å². The number of amides is 1. The number of carbonyl (C=O) groups excluding carboxylic acids is 1. The van der Waals surface area contributed by atoms with E-state index in [2.05, 4.69) is 32.3 Å². The van der Waals surface area contributed by atoms with Crippen LogP contribution in [0.2, 0.25) is 0 Å². The summed E-state index contributed by atoms with van der Waals surface area (Å²) in [5.74, 6) is -0.421. The Kier molecular flexibility index (Phi) is 7.56. The molecule has 6 nitrogen and oxygen atoms in total. The highest BCUT2D eigenvalue weighted by atomic mass is 79.9. The van der Waals surface area contributed by atoms with E-state index in [0.717, 1.165) is 28.3 Å². The lowest BCUT2D eigenvalue weighted by molar-refractivity contribution is 0.0293. The molecular formula is C23H28BrFN4O2S. The largest absolute Gasteiger partial charge is 0.444 e. The molecular weight excluding hydrogens is 495 g/mol. The fourth-order valence-electron chi connectivity index (χ4n) is 3.80. The van der Waals surface area contributed by atoms with Crippen LogP contribution < -0.4 is 5.32 Å². The molecule has 0 radical (unpaired) electrons. The number of nitrogens with one attached hydrogen (secondary N) is 1.